The Hall–Kier alpha value is -1.40. The molecule has 1 aliphatic heterocycles. The normalized spacial score (nSPS) is 18.8. The van der Waals surface area contributed by atoms with E-state index in [2.05, 4.69) is 41.4 Å². The minimum absolute atomic E-state index is 0.0841. The molecular weight excluding hydrogens is 268 g/mol. The van der Waals surface area contributed by atoms with Crippen LogP contribution in [0, 0.1) is 0 Å². The van der Waals surface area contributed by atoms with Crippen molar-refractivity contribution >= 4 is 11.6 Å². The monoisotopic (exact) mass is 294 g/mol. The summed E-state index contributed by atoms with van der Waals surface area (Å²) in [6.07, 6.45) is 2.75. The van der Waals surface area contributed by atoms with Crippen molar-refractivity contribution in [3.05, 3.63) is 11.9 Å². The van der Waals surface area contributed by atoms with Gasteiger partial charge in [-0.3, -0.25) is 0 Å². The highest BCUT2D eigenvalue weighted by atomic mass is 16.6. The molecule has 0 radical (unpaired) electrons. The molecule has 1 fully saturated rings. The van der Waals surface area contributed by atoms with Gasteiger partial charge < -0.3 is 20.1 Å². The quantitative estimate of drug-likeness (QED) is 0.804. The van der Waals surface area contributed by atoms with Crippen LogP contribution in [0.15, 0.2) is 6.33 Å². The Morgan fingerprint density at radius 1 is 1.24 bits per heavy atom. The second-order valence-electron chi connectivity index (χ2n) is 5.51. The zero-order valence-corrected chi connectivity index (χ0v) is 13.2. The van der Waals surface area contributed by atoms with Crippen molar-refractivity contribution in [1.29, 1.82) is 0 Å². The molecule has 0 amide bonds. The lowest BCUT2D eigenvalue weighted by Crippen LogP contribution is -2.34. The van der Waals surface area contributed by atoms with Crippen LogP contribution in [0.3, 0.4) is 0 Å². The van der Waals surface area contributed by atoms with Crippen LogP contribution in [0.5, 0.6) is 0 Å². The maximum atomic E-state index is 5.65. The molecule has 21 heavy (non-hydrogen) atoms. The number of aromatic nitrogens is 2. The molecule has 1 aliphatic rings. The molecule has 2 heterocycles. The topological polar surface area (TPSA) is 68.3 Å². The molecule has 1 aromatic rings. The van der Waals surface area contributed by atoms with Gasteiger partial charge in [-0.2, -0.15) is 0 Å². The summed E-state index contributed by atoms with van der Waals surface area (Å²) in [5.74, 6) is 2.15. The summed E-state index contributed by atoms with van der Waals surface area (Å²) in [7, 11) is 0. The Kier molecular flexibility index (Phi) is 6.20. The van der Waals surface area contributed by atoms with Gasteiger partial charge in [0.15, 0.2) is 0 Å². The summed E-state index contributed by atoms with van der Waals surface area (Å²) < 4.78 is 11.1. The van der Waals surface area contributed by atoms with Gasteiger partial charge in [-0.05, 0) is 12.3 Å². The first-order chi connectivity index (χ1) is 10.2. The summed E-state index contributed by atoms with van der Waals surface area (Å²) in [6, 6.07) is 0. The molecule has 6 heteroatoms. The first-order valence-electron chi connectivity index (χ1n) is 7.74. The maximum absolute atomic E-state index is 5.65. The highest BCUT2D eigenvalue weighted by molar-refractivity contribution is 5.59. The highest BCUT2D eigenvalue weighted by Crippen LogP contribution is 2.28. The number of hydrogen-bond donors (Lipinski definition) is 2. The number of nitrogens with zero attached hydrogens (tertiary/aromatic N) is 2. The van der Waals surface area contributed by atoms with Gasteiger partial charge in [-0.15, -0.1) is 0 Å². The van der Waals surface area contributed by atoms with E-state index in [1.165, 1.54) is 0 Å². The molecule has 2 rings (SSSR count). The summed E-state index contributed by atoms with van der Waals surface area (Å²) in [4.78, 5) is 8.77. The van der Waals surface area contributed by atoms with E-state index in [9.17, 15) is 0 Å². The van der Waals surface area contributed by atoms with Gasteiger partial charge in [0.1, 0.15) is 18.0 Å². The lowest BCUT2D eigenvalue weighted by atomic mass is 10.0. The zero-order chi connectivity index (χ0) is 15.1. The first-order valence-corrected chi connectivity index (χ1v) is 7.74. The zero-order valence-electron chi connectivity index (χ0n) is 13.2. The summed E-state index contributed by atoms with van der Waals surface area (Å²) in [6.45, 7) is 10.0. The highest BCUT2D eigenvalue weighted by Gasteiger charge is 2.18. The van der Waals surface area contributed by atoms with E-state index in [0.717, 1.165) is 30.2 Å². The van der Waals surface area contributed by atoms with E-state index in [0.29, 0.717) is 32.3 Å². The summed E-state index contributed by atoms with van der Waals surface area (Å²) >= 11 is 0. The fourth-order valence-electron chi connectivity index (χ4n) is 2.33. The SMILES string of the molecule is CCCNc1ncnc(NCC2COCCO2)c1C(C)C. The van der Waals surface area contributed by atoms with E-state index < -0.39 is 0 Å². The minimum Gasteiger partial charge on any atom is -0.376 e. The second-order valence-corrected chi connectivity index (χ2v) is 5.51. The Bertz CT molecular complexity index is 434. The lowest BCUT2D eigenvalue weighted by molar-refractivity contribution is -0.0819. The van der Waals surface area contributed by atoms with Crippen molar-refractivity contribution in [2.45, 2.75) is 39.2 Å². The van der Waals surface area contributed by atoms with Gasteiger partial charge in [0.05, 0.1) is 25.9 Å². The molecule has 0 aromatic carbocycles. The van der Waals surface area contributed by atoms with E-state index >= 15 is 0 Å². The van der Waals surface area contributed by atoms with Crippen LogP contribution in [-0.2, 0) is 9.47 Å². The number of hydrogen-bond acceptors (Lipinski definition) is 6. The molecule has 1 aromatic heterocycles. The fourth-order valence-corrected chi connectivity index (χ4v) is 2.33. The number of ether oxygens (including phenoxy) is 2. The molecule has 0 saturated carbocycles. The van der Waals surface area contributed by atoms with Crippen molar-refractivity contribution in [3.63, 3.8) is 0 Å². The average Bonchev–Trinajstić information content (AvgIpc) is 2.51. The average molecular weight is 294 g/mol. The molecule has 0 spiro atoms. The van der Waals surface area contributed by atoms with Crippen LogP contribution in [-0.4, -0.2) is 49.0 Å². The van der Waals surface area contributed by atoms with Crippen molar-refractivity contribution in [3.8, 4) is 0 Å². The van der Waals surface area contributed by atoms with Gasteiger partial charge in [0.25, 0.3) is 0 Å². The predicted octanol–water partition coefficient (Wildman–Crippen LogP) is 2.25. The molecule has 1 unspecified atom stereocenters. The Morgan fingerprint density at radius 3 is 2.62 bits per heavy atom. The molecule has 0 bridgehead atoms. The van der Waals surface area contributed by atoms with Crippen LogP contribution in [0.2, 0.25) is 0 Å². The largest absolute Gasteiger partial charge is 0.376 e. The second kappa shape index (κ2) is 8.14. The van der Waals surface area contributed by atoms with E-state index in [1.807, 2.05) is 0 Å². The number of anilines is 2. The molecule has 1 saturated heterocycles. The van der Waals surface area contributed by atoms with Gasteiger partial charge in [0.2, 0.25) is 0 Å². The van der Waals surface area contributed by atoms with Crippen molar-refractivity contribution in [1.82, 2.24) is 9.97 Å². The van der Waals surface area contributed by atoms with Crippen molar-refractivity contribution < 1.29 is 9.47 Å². The van der Waals surface area contributed by atoms with Gasteiger partial charge in [-0.1, -0.05) is 20.8 Å². The van der Waals surface area contributed by atoms with Gasteiger partial charge >= 0.3 is 0 Å². The van der Waals surface area contributed by atoms with Crippen LogP contribution < -0.4 is 10.6 Å². The predicted molar refractivity (Wildman–Crippen MR) is 84.0 cm³/mol. The number of rotatable bonds is 7. The number of nitrogens with one attached hydrogen (secondary N) is 2. The van der Waals surface area contributed by atoms with E-state index in [1.54, 1.807) is 6.33 Å². The standard InChI is InChI=1S/C15H26N4O2/c1-4-5-16-14-13(11(2)3)15(19-10-18-14)17-8-12-9-20-6-7-21-12/h10-12H,4-9H2,1-3H3,(H2,16,17,18,19). The van der Waals surface area contributed by atoms with Gasteiger partial charge in [-0.25, -0.2) is 9.97 Å². The Labute approximate surface area is 126 Å². The molecule has 1 atom stereocenters. The summed E-state index contributed by atoms with van der Waals surface area (Å²) in [5.41, 5.74) is 1.13. The van der Waals surface area contributed by atoms with Crippen LogP contribution in [0.4, 0.5) is 11.6 Å². The third-order valence-corrected chi connectivity index (χ3v) is 3.39. The van der Waals surface area contributed by atoms with Crippen molar-refractivity contribution in [2.24, 2.45) is 0 Å². The van der Waals surface area contributed by atoms with Crippen molar-refractivity contribution in [2.75, 3.05) is 43.5 Å². The third kappa shape index (κ3) is 4.54. The fraction of sp³-hybridized carbons (Fsp3) is 0.733. The molecule has 118 valence electrons. The summed E-state index contributed by atoms with van der Waals surface area (Å²) in [5, 5.41) is 6.76. The van der Waals surface area contributed by atoms with Crippen LogP contribution >= 0.6 is 0 Å². The molecular formula is C15H26N4O2. The smallest absolute Gasteiger partial charge is 0.135 e. The molecule has 6 nitrogen and oxygen atoms in total. The first kappa shape index (κ1) is 16.0. The molecule has 0 aliphatic carbocycles. The molecule has 2 N–H and O–H groups in total. The Morgan fingerprint density at radius 2 is 2.00 bits per heavy atom. The van der Waals surface area contributed by atoms with Crippen LogP contribution in [0.1, 0.15) is 38.7 Å². The van der Waals surface area contributed by atoms with Gasteiger partial charge in [0, 0.05) is 18.7 Å². The van der Waals surface area contributed by atoms with Crippen LogP contribution in [0.25, 0.3) is 0 Å². The lowest BCUT2D eigenvalue weighted by Gasteiger charge is -2.24. The third-order valence-electron chi connectivity index (χ3n) is 3.39. The van der Waals surface area contributed by atoms with E-state index in [-0.39, 0.29) is 6.10 Å². The van der Waals surface area contributed by atoms with E-state index in [4.69, 9.17) is 9.47 Å². The Balaban J connectivity index is 2.06. The maximum Gasteiger partial charge on any atom is 0.135 e. The minimum atomic E-state index is 0.0841.